The van der Waals surface area contributed by atoms with Crippen molar-refractivity contribution in [2.45, 2.75) is 6.92 Å². The molecule has 13 heavy (non-hydrogen) atoms. The molecule has 0 aliphatic carbocycles. The minimum absolute atomic E-state index is 0.350. The van der Waals surface area contributed by atoms with Crippen molar-refractivity contribution in [3.8, 4) is 0 Å². The summed E-state index contributed by atoms with van der Waals surface area (Å²) in [4.78, 5) is 0. The first-order chi connectivity index (χ1) is 6.15. The number of hydrogen-bond donors (Lipinski definition) is 1. The van der Waals surface area contributed by atoms with Gasteiger partial charge in [-0.05, 0) is 24.6 Å². The zero-order chi connectivity index (χ0) is 9.84. The molecule has 0 atom stereocenters. The Morgan fingerprint density at radius 1 is 1.46 bits per heavy atom. The largest absolute Gasteiger partial charge is 0.327 e. The molecule has 0 spiro atoms. The summed E-state index contributed by atoms with van der Waals surface area (Å²) in [6.45, 7) is 2.09. The lowest BCUT2D eigenvalue weighted by molar-refractivity contribution is 0.581. The Labute approximate surface area is 75.9 Å². The van der Waals surface area contributed by atoms with Gasteiger partial charge >= 0.3 is 0 Å². The fraction of sp³-hybridized carbons (Fsp3) is 0.200. The maximum atomic E-state index is 13.1. The average molecular weight is 183 g/mol. The number of halogens is 2. The first kappa shape index (κ1) is 9.86. The number of benzene rings is 1. The molecule has 0 amide bonds. The second-order valence-electron chi connectivity index (χ2n) is 2.75. The maximum Gasteiger partial charge on any atom is 0.133 e. The third-order valence-corrected chi connectivity index (χ3v) is 1.78. The Kier molecular flexibility index (Phi) is 3.14. The Balaban J connectivity index is 3.09. The molecule has 0 aromatic heterocycles. The number of hydrogen-bond acceptors (Lipinski definition) is 1. The quantitative estimate of drug-likeness (QED) is 0.748. The first-order valence-corrected chi connectivity index (χ1v) is 3.97. The Bertz CT molecular complexity index is 332. The van der Waals surface area contributed by atoms with Gasteiger partial charge in [0, 0.05) is 18.2 Å². The Hall–Kier alpha value is -1.22. The van der Waals surface area contributed by atoms with Crippen molar-refractivity contribution < 1.29 is 8.78 Å². The smallest absolute Gasteiger partial charge is 0.133 e. The van der Waals surface area contributed by atoms with Gasteiger partial charge in [-0.1, -0.05) is 6.08 Å². The van der Waals surface area contributed by atoms with Gasteiger partial charge in [-0.2, -0.15) is 0 Å². The van der Waals surface area contributed by atoms with Crippen molar-refractivity contribution in [2.75, 3.05) is 6.54 Å². The van der Waals surface area contributed by atoms with E-state index in [9.17, 15) is 8.78 Å². The third kappa shape index (κ3) is 2.36. The predicted molar refractivity (Wildman–Crippen MR) is 49.1 cm³/mol. The lowest BCUT2D eigenvalue weighted by atomic mass is 10.1. The standard InChI is InChI=1S/C10H11F2N/c1-7(4-5-13)9-3-2-8(11)6-10(9)12/h2-4,6H,5,13H2,1H3. The molecule has 0 saturated carbocycles. The van der Waals surface area contributed by atoms with E-state index in [1.54, 1.807) is 13.0 Å². The van der Waals surface area contributed by atoms with Gasteiger partial charge in [0.15, 0.2) is 0 Å². The zero-order valence-corrected chi connectivity index (χ0v) is 7.35. The summed E-state index contributed by atoms with van der Waals surface area (Å²) in [5.41, 5.74) is 6.39. The second-order valence-corrected chi connectivity index (χ2v) is 2.75. The van der Waals surface area contributed by atoms with E-state index in [1.165, 1.54) is 12.1 Å². The summed E-state index contributed by atoms with van der Waals surface area (Å²) >= 11 is 0. The Morgan fingerprint density at radius 2 is 2.15 bits per heavy atom. The molecule has 0 heterocycles. The highest BCUT2D eigenvalue weighted by Crippen LogP contribution is 2.17. The van der Waals surface area contributed by atoms with Crippen LogP contribution in [0.25, 0.3) is 5.57 Å². The van der Waals surface area contributed by atoms with Gasteiger partial charge in [0.1, 0.15) is 11.6 Å². The molecule has 1 rings (SSSR count). The highest BCUT2D eigenvalue weighted by Gasteiger charge is 2.04. The van der Waals surface area contributed by atoms with Crippen LogP contribution in [0.4, 0.5) is 8.78 Å². The van der Waals surface area contributed by atoms with Crippen LogP contribution >= 0.6 is 0 Å². The van der Waals surface area contributed by atoms with E-state index in [1.807, 2.05) is 0 Å². The minimum Gasteiger partial charge on any atom is -0.327 e. The predicted octanol–water partition coefficient (Wildman–Crippen LogP) is 2.33. The van der Waals surface area contributed by atoms with Crippen molar-refractivity contribution in [3.63, 3.8) is 0 Å². The summed E-state index contributed by atoms with van der Waals surface area (Å²) in [6.07, 6.45) is 1.69. The van der Waals surface area contributed by atoms with Crippen molar-refractivity contribution in [1.29, 1.82) is 0 Å². The number of nitrogens with two attached hydrogens (primary N) is 1. The summed E-state index contributed by atoms with van der Waals surface area (Å²) in [6, 6.07) is 3.50. The highest BCUT2D eigenvalue weighted by molar-refractivity contribution is 5.64. The van der Waals surface area contributed by atoms with Crippen molar-refractivity contribution in [3.05, 3.63) is 41.5 Å². The van der Waals surface area contributed by atoms with Gasteiger partial charge in [0.2, 0.25) is 0 Å². The van der Waals surface area contributed by atoms with E-state index in [2.05, 4.69) is 0 Å². The highest BCUT2D eigenvalue weighted by atomic mass is 19.1. The van der Waals surface area contributed by atoms with Crippen LogP contribution in [-0.2, 0) is 0 Å². The summed E-state index contributed by atoms with van der Waals surface area (Å²) in [5.74, 6) is -1.12. The van der Waals surface area contributed by atoms with E-state index in [-0.39, 0.29) is 0 Å². The molecule has 0 aliphatic rings. The SMILES string of the molecule is CC(=CCN)c1ccc(F)cc1F. The minimum atomic E-state index is -0.568. The van der Waals surface area contributed by atoms with E-state index in [0.717, 1.165) is 11.6 Å². The van der Waals surface area contributed by atoms with Gasteiger partial charge in [-0.15, -0.1) is 0 Å². The van der Waals surface area contributed by atoms with E-state index < -0.39 is 11.6 Å². The van der Waals surface area contributed by atoms with Crippen LogP contribution in [0.1, 0.15) is 12.5 Å². The summed E-state index contributed by atoms with van der Waals surface area (Å²) in [7, 11) is 0. The normalized spacial score (nSPS) is 11.8. The van der Waals surface area contributed by atoms with Crippen LogP contribution in [0.2, 0.25) is 0 Å². The van der Waals surface area contributed by atoms with Gasteiger partial charge in [0.25, 0.3) is 0 Å². The molecule has 0 radical (unpaired) electrons. The average Bonchev–Trinajstić information content (AvgIpc) is 2.04. The first-order valence-electron chi connectivity index (χ1n) is 3.97. The second kappa shape index (κ2) is 4.14. The van der Waals surface area contributed by atoms with Crippen molar-refractivity contribution >= 4 is 5.57 Å². The Morgan fingerprint density at radius 3 is 2.69 bits per heavy atom. The topological polar surface area (TPSA) is 26.0 Å². The molecule has 1 aromatic carbocycles. The molecule has 0 unspecified atom stereocenters. The molecular formula is C10H11F2N. The summed E-state index contributed by atoms with van der Waals surface area (Å²) in [5, 5.41) is 0. The molecule has 0 fully saturated rings. The molecule has 1 aromatic rings. The van der Waals surface area contributed by atoms with Gasteiger partial charge in [-0.3, -0.25) is 0 Å². The van der Waals surface area contributed by atoms with Gasteiger partial charge in [-0.25, -0.2) is 8.78 Å². The lowest BCUT2D eigenvalue weighted by Gasteiger charge is -2.02. The van der Waals surface area contributed by atoms with Crippen LogP contribution in [0.15, 0.2) is 24.3 Å². The zero-order valence-electron chi connectivity index (χ0n) is 7.35. The van der Waals surface area contributed by atoms with Crippen LogP contribution in [0, 0.1) is 11.6 Å². The third-order valence-electron chi connectivity index (χ3n) is 1.78. The number of allylic oxidation sites excluding steroid dienone is 1. The van der Waals surface area contributed by atoms with Crippen LogP contribution < -0.4 is 5.73 Å². The van der Waals surface area contributed by atoms with Crippen LogP contribution in [0.5, 0.6) is 0 Å². The van der Waals surface area contributed by atoms with Crippen molar-refractivity contribution in [2.24, 2.45) is 5.73 Å². The van der Waals surface area contributed by atoms with Crippen molar-refractivity contribution in [1.82, 2.24) is 0 Å². The molecule has 2 N–H and O–H groups in total. The molecular weight excluding hydrogens is 172 g/mol. The van der Waals surface area contributed by atoms with Crippen LogP contribution in [0.3, 0.4) is 0 Å². The maximum absolute atomic E-state index is 13.1. The van der Waals surface area contributed by atoms with E-state index in [0.29, 0.717) is 12.1 Å². The van der Waals surface area contributed by atoms with Gasteiger partial charge in [0.05, 0.1) is 0 Å². The fourth-order valence-electron chi connectivity index (χ4n) is 1.10. The number of rotatable bonds is 2. The summed E-state index contributed by atoms with van der Waals surface area (Å²) < 4.78 is 25.6. The molecule has 0 saturated heterocycles. The van der Waals surface area contributed by atoms with Crippen LogP contribution in [-0.4, -0.2) is 6.54 Å². The fourth-order valence-corrected chi connectivity index (χ4v) is 1.10. The molecule has 1 nitrogen and oxygen atoms in total. The monoisotopic (exact) mass is 183 g/mol. The van der Waals surface area contributed by atoms with E-state index >= 15 is 0 Å². The molecule has 0 aliphatic heterocycles. The lowest BCUT2D eigenvalue weighted by Crippen LogP contribution is -1.96. The van der Waals surface area contributed by atoms with Gasteiger partial charge < -0.3 is 5.73 Å². The molecule has 70 valence electrons. The van der Waals surface area contributed by atoms with E-state index in [4.69, 9.17) is 5.73 Å². The molecule has 3 heteroatoms. The molecule has 0 bridgehead atoms.